The topological polar surface area (TPSA) is 181 Å². The van der Waals surface area contributed by atoms with Gasteiger partial charge in [0.1, 0.15) is 16.9 Å². The number of nitrogens with zero attached hydrogens (tertiary/aromatic N) is 4. The third-order valence-corrected chi connectivity index (χ3v) is 10.6. The molecule has 0 amide bonds. The van der Waals surface area contributed by atoms with E-state index in [0.29, 0.717) is 67.8 Å². The van der Waals surface area contributed by atoms with E-state index in [9.17, 15) is 29.4 Å². The largest absolute Gasteiger partial charge is 0.492 e. The van der Waals surface area contributed by atoms with Crippen LogP contribution in [-0.2, 0) is 22.3 Å². The molecule has 0 saturated heterocycles. The second-order valence-electron chi connectivity index (χ2n) is 16.7. The lowest BCUT2D eigenvalue weighted by Gasteiger charge is -2.38. The Morgan fingerprint density at radius 3 is 1.53 bits per heavy atom. The number of aromatic nitrogens is 4. The Hall–Kier alpha value is -5.05. The normalized spacial score (nSPS) is 15.6. The molecule has 0 radical (unpaired) electrons. The third kappa shape index (κ3) is 9.62. The highest BCUT2D eigenvalue weighted by atomic mass is 35.5. The van der Waals surface area contributed by atoms with Gasteiger partial charge in [-0.05, 0) is 53.9 Å². The van der Waals surface area contributed by atoms with Gasteiger partial charge in [-0.2, -0.15) is 0 Å². The van der Waals surface area contributed by atoms with Crippen LogP contribution in [-0.4, -0.2) is 81.9 Å². The monoisotopic (exact) mass is 820 g/mol. The first kappa shape index (κ1) is 44.1. The van der Waals surface area contributed by atoms with E-state index in [2.05, 4.69) is 46.5 Å². The van der Waals surface area contributed by atoms with Crippen molar-refractivity contribution < 1.29 is 38.7 Å². The number of hydrogen-bond acceptors (Lipinski definition) is 10. The molecular formula is C43H53ClN4O10. The van der Waals surface area contributed by atoms with Crippen molar-refractivity contribution in [3.05, 3.63) is 90.2 Å². The molecule has 0 bridgehead atoms. The number of halogens is 1. The van der Waals surface area contributed by atoms with Crippen LogP contribution in [0.25, 0.3) is 22.8 Å². The Kier molecular flexibility index (Phi) is 13.6. The highest BCUT2D eigenvalue weighted by Crippen LogP contribution is 2.45. The highest BCUT2D eigenvalue weighted by Gasteiger charge is 2.36. The first-order valence-electron chi connectivity index (χ1n) is 19.2. The van der Waals surface area contributed by atoms with Gasteiger partial charge in [-0.3, -0.25) is 9.59 Å². The Labute approximate surface area is 342 Å². The van der Waals surface area contributed by atoms with E-state index in [4.69, 9.17) is 35.5 Å². The van der Waals surface area contributed by atoms with Crippen LogP contribution in [0.2, 0.25) is 5.15 Å². The lowest BCUT2D eigenvalue weighted by molar-refractivity contribution is 0.0683. The van der Waals surface area contributed by atoms with Crippen LogP contribution < -0.4 is 20.3 Å². The molecule has 6 rings (SSSR count). The van der Waals surface area contributed by atoms with Crippen LogP contribution >= 0.6 is 11.6 Å². The maximum absolute atomic E-state index is 12.4. The van der Waals surface area contributed by atoms with Crippen molar-refractivity contribution in [1.29, 1.82) is 0 Å². The molecule has 2 aliphatic rings. The first-order valence-corrected chi connectivity index (χ1v) is 19.6. The summed E-state index contributed by atoms with van der Waals surface area (Å²) in [6.45, 7) is 16.6. The van der Waals surface area contributed by atoms with Crippen LogP contribution in [0.4, 0.5) is 0 Å². The predicted molar refractivity (Wildman–Crippen MR) is 220 cm³/mol. The van der Waals surface area contributed by atoms with Crippen molar-refractivity contribution in [2.75, 3.05) is 40.6 Å². The second kappa shape index (κ2) is 17.8. The van der Waals surface area contributed by atoms with Crippen molar-refractivity contribution in [3.63, 3.8) is 0 Å². The van der Waals surface area contributed by atoms with Gasteiger partial charge in [-0.1, -0.05) is 53.1 Å². The van der Waals surface area contributed by atoms with Crippen LogP contribution in [0.5, 0.6) is 11.5 Å². The number of pyridine rings is 4. The van der Waals surface area contributed by atoms with Crippen LogP contribution in [0.3, 0.4) is 0 Å². The molecule has 0 saturated carbocycles. The van der Waals surface area contributed by atoms with E-state index in [1.165, 1.54) is 24.5 Å². The standard InChI is InChI=1S/C22H28N2O5.C21H25ClN2O5/c1-13-18(29-8-6-7-28-5)9-14-10-19(22(2,3)4)24-12-15(21(26)27)17(25)11-16(24)20(14)23-13;1-21(2,3)17-9-12-8-16(29-7-5-6-28-4)19(22)23-18(12)14-10-15(25)13(20(26)27)11-24(14)17/h9,11-12,19H,6-8,10H2,1-5H3,(H,26,27);8,10-11,17H,5-7,9H2,1-4H3,(H,26,27)/t19-;17-/m00/s1. The molecule has 14 nitrogen and oxygen atoms in total. The van der Waals surface area contributed by atoms with E-state index >= 15 is 0 Å². The lowest BCUT2D eigenvalue weighted by atomic mass is 9.79. The Morgan fingerprint density at radius 1 is 0.707 bits per heavy atom. The van der Waals surface area contributed by atoms with Gasteiger partial charge >= 0.3 is 11.9 Å². The lowest BCUT2D eigenvalue weighted by Crippen LogP contribution is -2.33. The fraction of sp³-hybridized carbons (Fsp3) is 0.488. The zero-order valence-corrected chi connectivity index (χ0v) is 35.4. The number of aromatic carboxylic acids is 2. The Bertz CT molecular complexity index is 2140. The van der Waals surface area contributed by atoms with Gasteiger partial charge in [0.15, 0.2) is 21.8 Å². The number of ether oxygens (including phenoxy) is 4. The number of carbonyl (C=O) groups is 2. The number of hydrogen-bond donors (Lipinski definition) is 2. The van der Waals surface area contributed by atoms with Crippen molar-refractivity contribution in [2.45, 2.75) is 86.2 Å². The number of methoxy groups -OCH3 is 2. The smallest absolute Gasteiger partial charge is 0.341 e. The first-order chi connectivity index (χ1) is 27.3. The summed E-state index contributed by atoms with van der Waals surface area (Å²) >= 11 is 6.34. The average molecular weight is 821 g/mol. The summed E-state index contributed by atoms with van der Waals surface area (Å²) in [7, 11) is 3.29. The minimum absolute atomic E-state index is 0.0189. The molecule has 2 atom stereocenters. The second-order valence-corrected chi connectivity index (χ2v) is 17.1. The van der Waals surface area contributed by atoms with E-state index in [0.717, 1.165) is 35.4 Å². The maximum atomic E-state index is 12.4. The van der Waals surface area contributed by atoms with Gasteiger partial charge < -0.3 is 38.3 Å². The molecule has 312 valence electrons. The van der Waals surface area contributed by atoms with E-state index in [-0.39, 0.29) is 39.2 Å². The molecule has 15 heteroatoms. The molecule has 6 heterocycles. The molecule has 2 aliphatic heterocycles. The van der Waals surface area contributed by atoms with Crippen LogP contribution in [0, 0.1) is 17.8 Å². The zero-order chi connectivity index (χ0) is 42.7. The van der Waals surface area contributed by atoms with E-state index in [1.807, 2.05) is 28.2 Å². The molecule has 2 N–H and O–H groups in total. The molecular weight excluding hydrogens is 768 g/mol. The quantitative estimate of drug-likeness (QED) is 0.108. The molecule has 0 fully saturated rings. The van der Waals surface area contributed by atoms with Gasteiger partial charge in [-0.15, -0.1) is 0 Å². The highest BCUT2D eigenvalue weighted by molar-refractivity contribution is 6.31. The van der Waals surface area contributed by atoms with Crippen molar-refractivity contribution >= 4 is 23.5 Å². The number of carboxylic acid groups (broad SMARTS) is 2. The molecule has 0 aliphatic carbocycles. The predicted octanol–water partition coefficient (Wildman–Crippen LogP) is 7.30. The maximum Gasteiger partial charge on any atom is 0.341 e. The van der Waals surface area contributed by atoms with Gasteiger partial charge in [0.25, 0.3) is 0 Å². The van der Waals surface area contributed by atoms with Crippen molar-refractivity contribution in [2.24, 2.45) is 10.8 Å². The van der Waals surface area contributed by atoms with Crippen molar-refractivity contribution in [3.8, 4) is 34.3 Å². The number of rotatable bonds is 12. The number of aryl methyl sites for hydroxylation is 1. The van der Waals surface area contributed by atoms with E-state index < -0.39 is 22.8 Å². The molecule has 58 heavy (non-hydrogen) atoms. The number of fused-ring (bicyclic) bond motifs is 6. The molecule has 0 aromatic carbocycles. The fourth-order valence-corrected chi connectivity index (χ4v) is 7.48. The van der Waals surface area contributed by atoms with Crippen LogP contribution in [0.1, 0.15) is 104 Å². The summed E-state index contributed by atoms with van der Waals surface area (Å²) in [4.78, 5) is 56.9. The SMILES string of the molecule is COCCCOc1cc2c(nc1C)-c1cc(=O)c(C(=O)O)cn1[C@H](C(C)(C)C)C2.COCCCOc1cc2c(nc1Cl)-c1cc(=O)c(C(=O)O)cn1[C@H](C(C)(C)C)C2. The molecule has 4 aromatic heterocycles. The summed E-state index contributed by atoms with van der Waals surface area (Å²) < 4.78 is 25.5. The summed E-state index contributed by atoms with van der Waals surface area (Å²) in [6.07, 6.45) is 5.69. The minimum atomic E-state index is -1.24. The average Bonchev–Trinajstić information content (AvgIpc) is 3.14. The summed E-state index contributed by atoms with van der Waals surface area (Å²) in [5.41, 5.74) is 3.27. The Morgan fingerprint density at radius 2 is 1.12 bits per heavy atom. The van der Waals surface area contributed by atoms with Gasteiger partial charge in [-0.25, -0.2) is 19.6 Å². The fourth-order valence-electron chi connectivity index (χ4n) is 7.29. The third-order valence-electron chi connectivity index (χ3n) is 10.4. The van der Waals surface area contributed by atoms with Crippen molar-refractivity contribution in [1.82, 2.24) is 19.1 Å². The van der Waals surface area contributed by atoms with Gasteiger partial charge in [0, 0.05) is 76.9 Å². The molecule has 0 unspecified atom stereocenters. The number of carboxylic acids is 2. The molecule has 4 aromatic rings. The van der Waals surface area contributed by atoms with Crippen LogP contribution in [0.15, 0.2) is 46.2 Å². The summed E-state index contributed by atoms with van der Waals surface area (Å²) in [5, 5.41) is 19.0. The minimum Gasteiger partial charge on any atom is -0.492 e. The van der Waals surface area contributed by atoms with Gasteiger partial charge in [0.05, 0.1) is 41.7 Å². The Balaban J connectivity index is 0.000000221. The summed E-state index contributed by atoms with van der Waals surface area (Å²) in [6, 6.07) is 6.52. The zero-order valence-electron chi connectivity index (χ0n) is 34.6. The summed E-state index contributed by atoms with van der Waals surface area (Å²) in [5.74, 6) is -1.24. The van der Waals surface area contributed by atoms with Gasteiger partial charge in [0.2, 0.25) is 0 Å². The molecule has 0 spiro atoms. The van der Waals surface area contributed by atoms with E-state index in [1.54, 1.807) is 14.2 Å².